The van der Waals surface area contributed by atoms with Crippen LogP contribution in [0.2, 0.25) is 0 Å². The molecule has 1 aromatic rings. The van der Waals surface area contributed by atoms with Crippen molar-refractivity contribution in [1.82, 2.24) is 10.2 Å². The van der Waals surface area contributed by atoms with Crippen molar-refractivity contribution in [3.63, 3.8) is 0 Å². The Morgan fingerprint density at radius 3 is 2.80 bits per heavy atom. The number of nitrogens with two attached hydrogens (primary N) is 1. The molecule has 20 heavy (non-hydrogen) atoms. The summed E-state index contributed by atoms with van der Waals surface area (Å²) in [5.41, 5.74) is 7.98. The highest BCUT2D eigenvalue weighted by Gasteiger charge is 2.16. The van der Waals surface area contributed by atoms with Gasteiger partial charge >= 0.3 is 0 Å². The average molecular weight is 277 g/mol. The number of carbonyl (C=O) groups excluding carboxylic acids is 1. The van der Waals surface area contributed by atoms with Crippen molar-refractivity contribution in [2.75, 3.05) is 38.6 Å². The number of morpholine rings is 1. The Labute approximate surface area is 120 Å². The smallest absolute Gasteiger partial charge is 0.251 e. The minimum Gasteiger partial charge on any atom is -0.399 e. The number of hydrogen-bond acceptors (Lipinski definition) is 4. The van der Waals surface area contributed by atoms with Crippen LogP contribution < -0.4 is 11.1 Å². The van der Waals surface area contributed by atoms with Crippen molar-refractivity contribution in [2.24, 2.45) is 0 Å². The molecule has 110 valence electrons. The third-order valence-corrected chi connectivity index (χ3v) is 3.51. The van der Waals surface area contributed by atoms with Gasteiger partial charge in [-0.05, 0) is 37.6 Å². The first-order valence-electron chi connectivity index (χ1n) is 7.03. The van der Waals surface area contributed by atoms with Crippen LogP contribution >= 0.6 is 0 Å². The third-order valence-electron chi connectivity index (χ3n) is 3.51. The van der Waals surface area contributed by atoms with Gasteiger partial charge in [0.25, 0.3) is 5.91 Å². The Morgan fingerprint density at radius 1 is 1.45 bits per heavy atom. The lowest BCUT2D eigenvalue weighted by Crippen LogP contribution is -2.46. The molecule has 1 heterocycles. The predicted molar refractivity (Wildman–Crippen MR) is 79.8 cm³/mol. The molecule has 1 fully saturated rings. The maximum atomic E-state index is 12.2. The standard InChI is InChI=1S/C15H23N3O2/c1-11-9-13(16)3-4-14(11)15(19)17-12(2)10-18-5-7-20-8-6-18/h3-4,9,12H,5-8,10,16H2,1-2H3,(H,17,19). The summed E-state index contributed by atoms with van der Waals surface area (Å²) in [5.74, 6) is -0.0386. The first kappa shape index (κ1) is 14.8. The number of benzene rings is 1. The van der Waals surface area contributed by atoms with Gasteiger partial charge in [-0.1, -0.05) is 0 Å². The molecule has 1 amide bonds. The number of carbonyl (C=O) groups is 1. The molecule has 1 saturated heterocycles. The van der Waals surface area contributed by atoms with Crippen LogP contribution in [-0.4, -0.2) is 49.7 Å². The number of aryl methyl sites for hydroxylation is 1. The Kier molecular flexibility index (Phi) is 4.98. The van der Waals surface area contributed by atoms with E-state index in [1.165, 1.54) is 0 Å². The molecule has 0 aromatic heterocycles. The lowest BCUT2D eigenvalue weighted by Gasteiger charge is -2.29. The molecule has 0 aliphatic carbocycles. The SMILES string of the molecule is Cc1cc(N)ccc1C(=O)NC(C)CN1CCOCC1. The van der Waals surface area contributed by atoms with Crippen molar-refractivity contribution < 1.29 is 9.53 Å². The van der Waals surface area contributed by atoms with Crippen molar-refractivity contribution in [1.29, 1.82) is 0 Å². The summed E-state index contributed by atoms with van der Waals surface area (Å²) >= 11 is 0. The summed E-state index contributed by atoms with van der Waals surface area (Å²) in [7, 11) is 0. The van der Waals surface area contributed by atoms with E-state index in [1.54, 1.807) is 12.1 Å². The Hall–Kier alpha value is -1.59. The molecule has 5 nitrogen and oxygen atoms in total. The van der Waals surface area contributed by atoms with Gasteiger partial charge in [-0.2, -0.15) is 0 Å². The molecule has 0 radical (unpaired) electrons. The summed E-state index contributed by atoms with van der Waals surface area (Å²) in [6.45, 7) is 8.19. The second-order valence-corrected chi connectivity index (χ2v) is 5.36. The quantitative estimate of drug-likeness (QED) is 0.807. The summed E-state index contributed by atoms with van der Waals surface area (Å²) in [4.78, 5) is 14.5. The predicted octanol–water partition coefficient (Wildman–Crippen LogP) is 1.03. The van der Waals surface area contributed by atoms with E-state index in [4.69, 9.17) is 10.5 Å². The van der Waals surface area contributed by atoms with E-state index in [1.807, 2.05) is 19.9 Å². The fraction of sp³-hybridized carbons (Fsp3) is 0.533. The van der Waals surface area contributed by atoms with E-state index in [-0.39, 0.29) is 11.9 Å². The maximum Gasteiger partial charge on any atom is 0.251 e. The van der Waals surface area contributed by atoms with Crippen molar-refractivity contribution in [3.8, 4) is 0 Å². The monoisotopic (exact) mass is 277 g/mol. The molecular weight excluding hydrogens is 254 g/mol. The van der Waals surface area contributed by atoms with Gasteiger partial charge < -0.3 is 15.8 Å². The summed E-state index contributed by atoms with van der Waals surface area (Å²) in [6.07, 6.45) is 0. The summed E-state index contributed by atoms with van der Waals surface area (Å²) < 4.78 is 5.32. The van der Waals surface area contributed by atoms with E-state index < -0.39 is 0 Å². The number of nitrogen functional groups attached to an aromatic ring is 1. The van der Waals surface area contributed by atoms with Gasteiger partial charge in [0.05, 0.1) is 13.2 Å². The summed E-state index contributed by atoms with van der Waals surface area (Å²) in [6, 6.07) is 5.47. The van der Waals surface area contributed by atoms with Crippen LogP contribution in [0.1, 0.15) is 22.8 Å². The van der Waals surface area contributed by atoms with Crippen LogP contribution in [0.15, 0.2) is 18.2 Å². The topological polar surface area (TPSA) is 67.6 Å². The fourth-order valence-corrected chi connectivity index (χ4v) is 2.46. The Bertz CT molecular complexity index is 470. The molecule has 0 saturated carbocycles. The van der Waals surface area contributed by atoms with Gasteiger partial charge in [-0.15, -0.1) is 0 Å². The summed E-state index contributed by atoms with van der Waals surface area (Å²) in [5, 5.41) is 3.04. The van der Waals surface area contributed by atoms with Crippen molar-refractivity contribution >= 4 is 11.6 Å². The average Bonchev–Trinajstić information content (AvgIpc) is 2.39. The maximum absolute atomic E-state index is 12.2. The zero-order valence-corrected chi connectivity index (χ0v) is 12.2. The minimum atomic E-state index is -0.0386. The van der Waals surface area contributed by atoms with Gasteiger partial charge in [0.15, 0.2) is 0 Å². The number of hydrogen-bond donors (Lipinski definition) is 2. The lowest BCUT2D eigenvalue weighted by atomic mass is 10.1. The molecule has 0 spiro atoms. The molecular formula is C15H23N3O2. The van der Waals surface area contributed by atoms with Crippen LogP contribution in [0.4, 0.5) is 5.69 Å². The largest absolute Gasteiger partial charge is 0.399 e. The number of amides is 1. The van der Waals surface area contributed by atoms with E-state index >= 15 is 0 Å². The van der Waals surface area contributed by atoms with Gasteiger partial charge in [0.1, 0.15) is 0 Å². The molecule has 0 bridgehead atoms. The molecule has 1 aliphatic heterocycles. The number of nitrogens with one attached hydrogen (secondary N) is 1. The Balaban J connectivity index is 1.89. The van der Waals surface area contributed by atoms with Crippen molar-refractivity contribution in [2.45, 2.75) is 19.9 Å². The molecule has 3 N–H and O–H groups in total. The molecule has 5 heteroatoms. The van der Waals surface area contributed by atoms with E-state index in [0.29, 0.717) is 11.3 Å². The molecule has 1 unspecified atom stereocenters. The number of nitrogens with zero attached hydrogens (tertiary/aromatic N) is 1. The number of rotatable bonds is 4. The zero-order chi connectivity index (χ0) is 14.5. The Morgan fingerprint density at radius 2 is 2.15 bits per heavy atom. The molecule has 1 aliphatic rings. The molecule has 1 aromatic carbocycles. The second kappa shape index (κ2) is 6.72. The highest BCUT2D eigenvalue weighted by molar-refractivity contribution is 5.96. The fourth-order valence-electron chi connectivity index (χ4n) is 2.46. The highest BCUT2D eigenvalue weighted by atomic mass is 16.5. The molecule has 1 atom stereocenters. The van der Waals surface area contributed by atoms with Gasteiger partial charge in [0, 0.05) is 36.9 Å². The first-order valence-corrected chi connectivity index (χ1v) is 7.03. The highest BCUT2D eigenvalue weighted by Crippen LogP contribution is 2.12. The molecule has 2 rings (SSSR count). The van der Waals surface area contributed by atoms with Gasteiger partial charge in [0.2, 0.25) is 0 Å². The minimum absolute atomic E-state index is 0.0386. The normalized spacial score (nSPS) is 17.7. The van der Waals surface area contributed by atoms with Crippen molar-refractivity contribution in [3.05, 3.63) is 29.3 Å². The van der Waals surface area contributed by atoms with Gasteiger partial charge in [-0.25, -0.2) is 0 Å². The third kappa shape index (κ3) is 3.95. The number of anilines is 1. The van der Waals surface area contributed by atoms with Crippen LogP contribution in [-0.2, 0) is 4.74 Å². The van der Waals surface area contributed by atoms with Gasteiger partial charge in [-0.3, -0.25) is 9.69 Å². The van der Waals surface area contributed by atoms with E-state index in [0.717, 1.165) is 38.4 Å². The van der Waals surface area contributed by atoms with Crippen LogP contribution in [0.3, 0.4) is 0 Å². The van der Waals surface area contributed by atoms with E-state index in [9.17, 15) is 4.79 Å². The zero-order valence-electron chi connectivity index (χ0n) is 12.2. The lowest BCUT2D eigenvalue weighted by molar-refractivity contribution is 0.0342. The number of ether oxygens (including phenoxy) is 1. The van der Waals surface area contributed by atoms with Crippen LogP contribution in [0, 0.1) is 6.92 Å². The van der Waals surface area contributed by atoms with E-state index in [2.05, 4.69) is 10.2 Å². The van der Waals surface area contributed by atoms with Crippen LogP contribution in [0.25, 0.3) is 0 Å². The second-order valence-electron chi connectivity index (χ2n) is 5.36. The first-order chi connectivity index (χ1) is 9.56. The van der Waals surface area contributed by atoms with Crippen LogP contribution in [0.5, 0.6) is 0 Å².